The van der Waals surface area contributed by atoms with Crippen molar-refractivity contribution in [3.63, 3.8) is 0 Å². The minimum atomic E-state index is 0. The number of aryl methyl sites for hydroxylation is 1. The summed E-state index contributed by atoms with van der Waals surface area (Å²) in [5.41, 5.74) is 1.92. The zero-order valence-corrected chi connectivity index (χ0v) is 11.5. The summed E-state index contributed by atoms with van der Waals surface area (Å²) in [5, 5.41) is 6.57. The first-order valence-corrected chi connectivity index (χ1v) is 5.46. The number of hydrogen-bond acceptors (Lipinski definition) is 3. The molecule has 4 heteroatoms. The average Bonchev–Trinajstić information content (AvgIpc) is 2.34. The molecule has 0 aliphatic carbocycles. The van der Waals surface area contributed by atoms with Crippen molar-refractivity contribution in [2.24, 2.45) is 4.99 Å². The maximum Gasteiger partial charge on any atom is 2.00 e. The Balaban J connectivity index is 0.000000321. The molecule has 95 valence electrons. The fourth-order valence-electron chi connectivity index (χ4n) is 1.08. The van der Waals surface area contributed by atoms with E-state index in [1.807, 2.05) is 42.4 Å². The zero-order chi connectivity index (χ0) is 12.5. The van der Waals surface area contributed by atoms with E-state index in [0.717, 1.165) is 0 Å². The third kappa shape index (κ3) is 6.33. The van der Waals surface area contributed by atoms with Gasteiger partial charge in [-0.25, -0.2) is 5.41 Å². The zero-order valence-electron chi connectivity index (χ0n) is 9.78. The summed E-state index contributed by atoms with van der Waals surface area (Å²) in [6.07, 6.45) is 0. The quantitative estimate of drug-likeness (QED) is 0.370. The summed E-state index contributed by atoms with van der Waals surface area (Å²) in [6.45, 7) is 2.06. The second-order valence-corrected chi connectivity index (χ2v) is 3.71. The van der Waals surface area contributed by atoms with Gasteiger partial charge in [0.15, 0.2) is 0 Å². The van der Waals surface area contributed by atoms with Gasteiger partial charge in [-0.1, -0.05) is 25.1 Å². The summed E-state index contributed by atoms with van der Waals surface area (Å²) in [7, 11) is 0. The number of para-hydroxylation sites is 1. The van der Waals surface area contributed by atoms with E-state index < -0.39 is 0 Å². The summed E-state index contributed by atoms with van der Waals surface area (Å²) < 4.78 is 0. The molecular weight excluding hydrogens is 292 g/mol. The van der Waals surface area contributed by atoms with E-state index in [0.29, 0.717) is 10.6 Å². The van der Waals surface area contributed by atoms with Crippen LogP contribution in [0.2, 0.25) is 0 Å². The van der Waals surface area contributed by atoms with Crippen LogP contribution < -0.4 is 0 Å². The molecule has 0 aliphatic heterocycles. The molecule has 0 unspecified atom stereocenters. The molecule has 0 aliphatic rings. The minimum absolute atomic E-state index is 0. The number of hydrogen-bond donors (Lipinski definition) is 1. The molecule has 0 heterocycles. The SMILES string of the molecule is Cc1cc[c-]cc1.N=C=Nc1ccccc1[S-].[Cu+2]. The van der Waals surface area contributed by atoms with Crippen molar-refractivity contribution in [2.75, 3.05) is 0 Å². The molecule has 0 saturated heterocycles. The Morgan fingerprint density at radius 3 is 2.22 bits per heavy atom. The Morgan fingerprint density at radius 2 is 1.78 bits per heavy atom. The first kappa shape index (κ1) is 16.6. The van der Waals surface area contributed by atoms with Gasteiger partial charge in [0, 0.05) is 0 Å². The molecule has 0 aromatic heterocycles. The topological polar surface area (TPSA) is 36.2 Å². The molecule has 18 heavy (non-hydrogen) atoms. The molecule has 0 amide bonds. The Bertz CT molecular complexity index is 508. The van der Waals surface area contributed by atoms with Crippen molar-refractivity contribution >= 4 is 24.3 Å². The molecule has 2 rings (SSSR count). The van der Waals surface area contributed by atoms with E-state index in [1.54, 1.807) is 12.1 Å². The van der Waals surface area contributed by atoms with Crippen LogP contribution in [0.15, 0.2) is 58.4 Å². The third-order valence-electron chi connectivity index (χ3n) is 1.93. The largest absolute Gasteiger partial charge is 2.00 e. The Hall–Kier alpha value is -1.44. The number of nitrogens with zero attached hydrogens (tertiary/aromatic N) is 1. The summed E-state index contributed by atoms with van der Waals surface area (Å²) in [5.74, 6) is 0. The molecule has 2 aromatic rings. The van der Waals surface area contributed by atoms with E-state index >= 15 is 0 Å². The molecule has 0 atom stereocenters. The molecule has 0 fully saturated rings. The van der Waals surface area contributed by atoms with E-state index in [4.69, 9.17) is 18.0 Å². The van der Waals surface area contributed by atoms with Crippen LogP contribution in [-0.4, -0.2) is 6.01 Å². The molecule has 0 bridgehead atoms. The molecule has 1 N–H and O–H groups in total. The maximum absolute atomic E-state index is 6.57. The van der Waals surface area contributed by atoms with Crippen molar-refractivity contribution in [2.45, 2.75) is 11.8 Å². The normalized spacial score (nSPS) is 8.06. The van der Waals surface area contributed by atoms with Crippen molar-refractivity contribution in [1.82, 2.24) is 0 Å². The van der Waals surface area contributed by atoms with Crippen molar-refractivity contribution in [3.8, 4) is 0 Å². The molecule has 0 saturated carbocycles. The van der Waals surface area contributed by atoms with Gasteiger partial charge in [-0.05, 0) is 6.07 Å². The standard InChI is InChI=1S/C7H6N2S.C7H7.Cu/c8-5-9-6-3-1-2-4-7(6)10;1-7-5-3-2-4-6-7;/h1-4,8,10H;3-6H,1H3;/q;-1;+2/p-1. The second-order valence-electron chi connectivity index (χ2n) is 3.27. The van der Waals surface area contributed by atoms with Gasteiger partial charge in [-0.15, -0.1) is 4.90 Å². The summed E-state index contributed by atoms with van der Waals surface area (Å²) in [4.78, 5) is 4.27. The van der Waals surface area contributed by atoms with E-state index in [2.05, 4.69) is 18.0 Å². The van der Waals surface area contributed by atoms with Crippen LogP contribution in [0.1, 0.15) is 5.56 Å². The molecular formula is C14H12CuN2S. The second kappa shape index (κ2) is 9.58. The van der Waals surface area contributed by atoms with Crippen LogP contribution in [0.25, 0.3) is 0 Å². The summed E-state index contributed by atoms with van der Waals surface area (Å²) >= 11 is 4.90. The van der Waals surface area contributed by atoms with Crippen LogP contribution in [0, 0.1) is 18.4 Å². The van der Waals surface area contributed by atoms with Gasteiger partial charge in [0.25, 0.3) is 0 Å². The minimum Gasteiger partial charge on any atom is -0.778 e. The van der Waals surface area contributed by atoms with Gasteiger partial charge >= 0.3 is 17.1 Å². The monoisotopic (exact) mass is 303 g/mol. The van der Waals surface area contributed by atoms with Crippen LogP contribution in [0.3, 0.4) is 0 Å². The smallest absolute Gasteiger partial charge is 0.778 e. The number of aliphatic imine (C=N–C) groups is 1. The van der Waals surface area contributed by atoms with Gasteiger partial charge < -0.3 is 12.6 Å². The van der Waals surface area contributed by atoms with Gasteiger partial charge in [0.2, 0.25) is 0 Å². The van der Waals surface area contributed by atoms with Crippen molar-refractivity contribution in [3.05, 3.63) is 60.2 Å². The fourth-order valence-corrected chi connectivity index (χ4v) is 1.27. The first-order chi connectivity index (χ1) is 8.24. The first-order valence-electron chi connectivity index (χ1n) is 5.05. The Labute approximate surface area is 124 Å². The molecule has 2 aromatic carbocycles. The van der Waals surface area contributed by atoms with E-state index in [9.17, 15) is 0 Å². The molecule has 0 spiro atoms. The Kier molecular flexibility index (Phi) is 8.81. The number of benzene rings is 2. The van der Waals surface area contributed by atoms with Crippen LogP contribution >= 0.6 is 0 Å². The van der Waals surface area contributed by atoms with Gasteiger partial charge in [-0.2, -0.15) is 40.9 Å². The molecule has 1 radical (unpaired) electrons. The van der Waals surface area contributed by atoms with E-state index in [1.165, 1.54) is 5.56 Å². The van der Waals surface area contributed by atoms with Crippen LogP contribution in [0.4, 0.5) is 5.69 Å². The van der Waals surface area contributed by atoms with E-state index in [-0.39, 0.29) is 17.1 Å². The predicted octanol–water partition coefficient (Wildman–Crippen LogP) is 3.77. The summed E-state index contributed by atoms with van der Waals surface area (Å²) in [6, 6.07) is 19.9. The van der Waals surface area contributed by atoms with Crippen LogP contribution in [0.5, 0.6) is 0 Å². The van der Waals surface area contributed by atoms with Gasteiger partial charge in [0.05, 0.1) is 11.7 Å². The van der Waals surface area contributed by atoms with Crippen molar-refractivity contribution in [1.29, 1.82) is 5.41 Å². The van der Waals surface area contributed by atoms with Crippen molar-refractivity contribution < 1.29 is 17.1 Å². The van der Waals surface area contributed by atoms with Crippen LogP contribution in [-0.2, 0) is 29.7 Å². The Morgan fingerprint density at radius 1 is 1.17 bits per heavy atom. The average molecular weight is 304 g/mol. The fraction of sp³-hybridized carbons (Fsp3) is 0.0714. The molecule has 2 nitrogen and oxygen atoms in total. The maximum atomic E-state index is 6.57. The number of rotatable bonds is 1. The number of nitrogens with one attached hydrogen (secondary N) is 1. The third-order valence-corrected chi connectivity index (χ3v) is 2.27. The predicted molar refractivity (Wildman–Crippen MR) is 71.9 cm³/mol. The van der Waals surface area contributed by atoms with Gasteiger partial charge in [-0.3, -0.25) is 0 Å². The van der Waals surface area contributed by atoms with Gasteiger partial charge in [0.1, 0.15) is 0 Å².